The van der Waals surface area contributed by atoms with E-state index in [1.165, 1.54) is 30.0 Å². The topological polar surface area (TPSA) is 83.1 Å². The van der Waals surface area contributed by atoms with Gasteiger partial charge in [-0.05, 0) is 68.5 Å². The lowest BCUT2D eigenvalue weighted by Gasteiger charge is -2.13. The van der Waals surface area contributed by atoms with Crippen molar-refractivity contribution >= 4 is 68.6 Å². The maximum absolute atomic E-state index is 12.3. The molecule has 1 heterocycles. The van der Waals surface area contributed by atoms with Gasteiger partial charge in [0.2, 0.25) is 5.91 Å². The van der Waals surface area contributed by atoms with E-state index >= 15 is 0 Å². The Labute approximate surface area is 188 Å². The summed E-state index contributed by atoms with van der Waals surface area (Å²) >= 11 is 8.21. The molecule has 0 aliphatic carbocycles. The van der Waals surface area contributed by atoms with E-state index in [4.69, 9.17) is 12.2 Å². The molecule has 0 saturated carbocycles. The van der Waals surface area contributed by atoms with Crippen LogP contribution in [0.2, 0.25) is 0 Å². The van der Waals surface area contributed by atoms with Gasteiger partial charge < -0.3 is 16.0 Å². The molecule has 0 bridgehead atoms. The Morgan fingerprint density at radius 2 is 1.80 bits per heavy atom. The zero-order valence-corrected chi connectivity index (χ0v) is 18.8. The molecule has 1 unspecified atom stereocenters. The van der Waals surface area contributed by atoms with Gasteiger partial charge in [-0.15, -0.1) is 23.1 Å². The first-order valence-electron chi connectivity index (χ1n) is 9.07. The van der Waals surface area contributed by atoms with Crippen molar-refractivity contribution in [2.45, 2.75) is 24.0 Å². The number of rotatable bonds is 7. The highest BCUT2D eigenvalue weighted by Gasteiger charge is 2.15. The van der Waals surface area contributed by atoms with Crippen LogP contribution < -0.4 is 16.0 Å². The van der Waals surface area contributed by atoms with Crippen LogP contribution in [0.4, 0.5) is 16.5 Å². The summed E-state index contributed by atoms with van der Waals surface area (Å²) in [6, 6.07) is 14.8. The summed E-state index contributed by atoms with van der Waals surface area (Å²) in [5.41, 5.74) is 2.25. The minimum Gasteiger partial charge on any atom is -0.332 e. The van der Waals surface area contributed by atoms with E-state index in [0.29, 0.717) is 15.8 Å². The molecule has 0 spiro atoms. The number of thiazole rings is 1. The number of nitrogens with one attached hydrogen (secondary N) is 3. The van der Waals surface area contributed by atoms with Crippen LogP contribution in [0.15, 0.2) is 65.0 Å². The zero-order valence-electron chi connectivity index (χ0n) is 16.3. The summed E-state index contributed by atoms with van der Waals surface area (Å²) in [4.78, 5) is 28.7. The predicted molar refractivity (Wildman–Crippen MR) is 129 cm³/mol. The highest BCUT2D eigenvalue weighted by atomic mass is 32.2. The third kappa shape index (κ3) is 6.38. The molecule has 9 heteroatoms. The molecule has 0 aliphatic rings. The second-order valence-electron chi connectivity index (χ2n) is 6.33. The number of aromatic nitrogens is 1. The number of carbonyl (C=O) groups excluding carboxylic acids is 2. The van der Waals surface area contributed by atoms with Crippen LogP contribution in [-0.4, -0.2) is 27.0 Å². The van der Waals surface area contributed by atoms with Crippen molar-refractivity contribution in [1.29, 1.82) is 0 Å². The van der Waals surface area contributed by atoms with Crippen molar-refractivity contribution in [2.75, 3.05) is 16.0 Å². The van der Waals surface area contributed by atoms with Crippen molar-refractivity contribution in [2.24, 2.45) is 0 Å². The fraction of sp³-hybridized carbons (Fsp3) is 0.143. The smallest absolute Gasteiger partial charge is 0.239 e. The fourth-order valence-corrected chi connectivity index (χ4v) is 4.17. The van der Waals surface area contributed by atoms with Gasteiger partial charge in [-0.3, -0.25) is 9.59 Å². The number of hydrogen-bond acceptors (Lipinski definition) is 6. The first kappa shape index (κ1) is 21.9. The van der Waals surface area contributed by atoms with E-state index < -0.39 is 0 Å². The van der Waals surface area contributed by atoms with E-state index in [9.17, 15) is 9.59 Å². The van der Waals surface area contributed by atoms with Crippen molar-refractivity contribution in [3.05, 3.63) is 65.7 Å². The molecule has 0 saturated heterocycles. The average Bonchev–Trinajstić information content (AvgIpc) is 3.21. The Hall–Kier alpha value is -2.75. The highest BCUT2D eigenvalue weighted by molar-refractivity contribution is 8.00. The molecule has 154 valence electrons. The monoisotopic (exact) mass is 456 g/mol. The summed E-state index contributed by atoms with van der Waals surface area (Å²) in [5, 5.41) is 11.6. The molecular formula is C21H20N4O2S3. The van der Waals surface area contributed by atoms with Gasteiger partial charge in [0.25, 0.3) is 0 Å². The molecular weight excluding hydrogens is 436 g/mol. The summed E-state index contributed by atoms with van der Waals surface area (Å²) in [7, 11) is 0. The van der Waals surface area contributed by atoms with Crippen LogP contribution in [-0.2, 0) is 4.79 Å². The standard InChI is InChI=1S/C21H20N4O2S3/c1-13(26)15-6-8-16(9-7-15)23-20(28)24-17-4-3-5-18(12-17)30-14(2)19(27)25-21-22-10-11-29-21/h3-12,14H,1-2H3,(H,22,25,27)(H2,23,24,28). The summed E-state index contributed by atoms with van der Waals surface area (Å²) in [5.74, 6) is -0.0781. The van der Waals surface area contributed by atoms with Gasteiger partial charge in [-0.1, -0.05) is 6.07 Å². The third-order valence-electron chi connectivity index (χ3n) is 3.99. The number of thiocarbonyl (C=S) groups is 1. The van der Waals surface area contributed by atoms with Crippen molar-refractivity contribution in [3.8, 4) is 0 Å². The largest absolute Gasteiger partial charge is 0.332 e. The predicted octanol–water partition coefficient (Wildman–Crippen LogP) is 5.27. The fourth-order valence-electron chi connectivity index (χ4n) is 2.48. The molecule has 3 N–H and O–H groups in total. The number of benzene rings is 2. The number of Topliss-reactive ketones (excluding diaryl/α,β-unsaturated/α-hetero) is 1. The lowest BCUT2D eigenvalue weighted by molar-refractivity contribution is -0.115. The van der Waals surface area contributed by atoms with E-state index in [0.717, 1.165) is 16.3 Å². The maximum Gasteiger partial charge on any atom is 0.239 e. The maximum atomic E-state index is 12.3. The van der Waals surface area contributed by atoms with E-state index in [-0.39, 0.29) is 16.9 Å². The third-order valence-corrected chi connectivity index (χ3v) is 5.97. The summed E-state index contributed by atoms with van der Waals surface area (Å²) in [6.45, 7) is 3.38. The number of thioether (sulfide) groups is 1. The van der Waals surface area contributed by atoms with Gasteiger partial charge in [0, 0.05) is 33.4 Å². The second kappa shape index (κ2) is 10.3. The summed E-state index contributed by atoms with van der Waals surface area (Å²) < 4.78 is 0. The first-order chi connectivity index (χ1) is 14.4. The Bertz CT molecular complexity index is 1040. The molecule has 30 heavy (non-hydrogen) atoms. The van der Waals surface area contributed by atoms with E-state index in [1.54, 1.807) is 30.5 Å². The first-order valence-corrected chi connectivity index (χ1v) is 11.2. The Morgan fingerprint density at radius 3 is 2.47 bits per heavy atom. The van der Waals surface area contributed by atoms with E-state index in [1.807, 2.05) is 36.6 Å². The van der Waals surface area contributed by atoms with Gasteiger partial charge in [0.15, 0.2) is 16.0 Å². The van der Waals surface area contributed by atoms with Crippen LogP contribution >= 0.6 is 35.3 Å². The van der Waals surface area contributed by atoms with Gasteiger partial charge in [-0.25, -0.2) is 4.98 Å². The Balaban J connectivity index is 1.55. The Morgan fingerprint density at radius 1 is 1.07 bits per heavy atom. The van der Waals surface area contributed by atoms with Gasteiger partial charge in [-0.2, -0.15) is 0 Å². The minimum absolute atomic E-state index is 0.0196. The van der Waals surface area contributed by atoms with Gasteiger partial charge >= 0.3 is 0 Å². The number of carbonyl (C=O) groups is 2. The molecule has 3 aromatic rings. The molecule has 0 fully saturated rings. The van der Waals surface area contributed by atoms with E-state index in [2.05, 4.69) is 20.9 Å². The Kier molecular flexibility index (Phi) is 7.56. The quantitative estimate of drug-likeness (QED) is 0.254. The van der Waals surface area contributed by atoms with Crippen molar-refractivity contribution in [1.82, 2.24) is 4.98 Å². The average molecular weight is 457 g/mol. The number of amides is 1. The van der Waals surface area contributed by atoms with Crippen LogP contribution in [0, 0.1) is 0 Å². The number of nitrogens with zero attached hydrogens (tertiary/aromatic N) is 1. The molecule has 1 aromatic heterocycles. The molecule has 0 aliphatic heterocycles. The number of ketones is 1. The minimum atomic E-state index is -0.283. The van der Waals surface area contributed by atoms with Crippen LogP contribution in [0.3, 0.4) is 0 Å². The molecule has 2 aromatic carbocycles. The zero-order chi connectivity index (χ0) is 21.5. The normalized spacial score (nSPS) is 11.4. The summed E-state index contributed by atoms with van der Waals surface area (Å²) in [6.07, 6.45) is 1.65. The van der Waals surface area contributed by atoms with Crippen LogP contribution in [0.5, 0.6) is 0 Å². The second-order valence-corrected chi connectivity index (χ2v) is 9.04. The van der Waals surface area contributed by atoms with Gasteiger partial charge in [0.05, 0.1) is 5.25 Å². The lowest BCUT2D eigenvalue weighted by atomic mass is 10.1. The van der Waals surface area contributed by atoms with Crippen molar-refractivity contribution < 1.29 is 9.59 Å². The number of anilines is 3. The molecule has 1 atom stereocenters. The van der Waals surface area contributed by atoms with Crippen LogP contribution in [0.1, 0.15) is 24.2 Å². The highest BCUT2D eigenvalue weighted by Crippen LogP contribution is 2.27. The van der Waals surface area contributed by atoms with Crippen LogP contribution in [0.25, 0.3) is 0 Å². The van der Waals surface area contributed by atoms with Crippen molar-refractivity contribution in [3.63, 3.8) is 0 Å². The number of hydrogen-bond donors (Lipinski definition) is 3. The molecule has 6 nitrogen and oxygen atoms in total. The SMILES string of the molecule is CC(=O)c1ccc(NC(=S)Nc2cccc(SC(C)C(=O)Nc3nccs3)c2)cc1. The molecule has 3 rings (SSSR count). The van der Waals surface area contributed by atoms with Gasteiger partial charge in [0.1, 0.15) is 0 Å². The molecule has 1 amide bonds. The lowest BCUT2D eigenvalue weighted by Crippen LogP contribution is -2.22. The molecule has 0 radical (unpaired) electrons.